The Balaban J connectivity index is 1.78. The minimum absolute atomic E-state index is 0.0735. The predicted octanol–water partition coefficient (Wildman–Crippen LogP) is 4.54. The summed E-state index contributed by atoms with van der Waals surface area (Å²) in [7, 11) is 2.05. The lowest BCUT2D eigenvalue weighted by Gasteiger charge is -2.29. The van der Waals surface area contributed by atoms with Crippen molar-refractivity contribution in [2.24, 2.45) is 0 Å². The molecule has 8 nitrogen and oxygen atoms in total. The third kappa shape index (κ3) is 4.42. The summed E-state index contributed by atoms with van der Waals surface area (Å²) in [6.07, 6.45) is 3.03. The van der Waals surface area contributed by atoms with Gasteiger partial charge in [-0.25, -0.2) is 0 Å². The molecule has 0 radical (unpaired) electrons. The first kappa shape index (κ1) is 20.6. The fraction of sp³-hybridized carbons (Fsp3) is 0.304. The molecule has 3 aromatic rings. The number of fused-ring (bicyclic) bond motifs is 1. The van der Waals surface area contributed by atoms with E-state index in [1.807, 2.05) is 38.2 Å². The minimum Gasteiger partial charge on any atom is -0.483 e. The zero-order valence-corrected chi connectivity index (χ0v) is 17.5. The van der Waals surface area contributed by atoms with Gasteiger partial charge in [0.05, 0.1) is 21.7 Å². The second kappa shape index (κ2) is 8.58. The van der Waals surface area contributed by atoms with E-state index in [4.69, 9.17) is 4.74 Å². The number of anilines is 2. The molecule has 0 aliphatic carbocycles. The topological polar surface area (TPSA) is 104 Å². The Labute approximate surface area is 180 Å². The van der Waals surface area contributed by atoms with Crippen molar-refractivity contribution in [3.63, 3.8) is 0 Å². The number of nitrogens with zero attached hydrogens (tertiary/aromatic N) is 4. The van der Waals surface area contributed by atoms with Crippen LogP contribution in [0.1, 0.15) is 24.0 Å². The van der Waals surface area contributed by atoms with Crippen LogP contribution in [-0.2, 0) is 0 Å². The van der Waals surface area contributed by atoms with E-state index >= 15 is 0 Å². The number of piperidine rings is 1. The molecule has 158 valence electrons. The van der Waals surface area contributed by atoms with Gasteiger partial charge in [0.2, 0.25) is 0 Å². The van der Waals surface area contributed by atoms with Gasteiger partial charge in [0.25, 0.3) is 0 Å². The van der Waals surface area contributed by atoms with Crippen LogP contribution in [0.3, 0.4) is 0 Å². The second-order valence-electron chi connectivity index (χ2n) is 7.87. The highest BCUT2D eigenvalue weighted by molar-refractivity contribution is 5.98. The number of aromatic nitrogens is 1. The van der Waals surface area contributed by atoms with Crippen LogP contribution in [0.4, 0.5) is 17.1 Å². The fourth-order valence-electron chi connectivity index (χ4n) is 3.81. The van der Waals surface area contributed by atoms with E-state index in [9.17, 15) is 15.4 Å². The Morgan fingerprint density at radius 1 is 1.29 bits per heavy atom. The van der Waals surface area contributed by atoms with Crippen LogP contribution in [0.5, 0.6) is 5.75 Å². The van der Waals surface area contributed by atoms with Crippen LogP contribution in [-0.4, -0.2) is 41.0 Å². The number of nitro benzene ring substituents is 1. The Morgan fingerprint density at radius 3 is 2.74 bits per heavy atom. The van der Waals surface area contributed by atoms with Crippen molar-refractivity contribution >= 4 is 28.0 Å². The van der Waals surface area contributed by atoms with Crippen LogP contribution in [0, 0.1) is 28.4 Å². The van der Waals surface area contributed by atoms with Crippen molar-refractivity contribution in [1.82, 2.24) is 9.88 Å². The van der Waals surface area contributed by atoms with Gasteiger partial charge in [0.1, 0.15) is 12.2 Å². The first-order valence-electron chi connectivity index (χ1n) is 10.1. The highest BCUT2D eigenvalue weighted by Crippen LogP contribution is 2.38. The number of hydrogen-bond donors (Lipinski definition) is 1. The Bertz CT molecular complexity index is 1180. The number of rotatable bonds is 5. The summed E-state index contributed by atoms with van der Waals surface area (Å²) < 4.78 is 6.04. The lowest BCUT2D eigenvalue weighted by atomic mass is 10.1. The zero-order chi connectivity index (χ0) is 22.0. The van der Waals surface area contributed by atoms with Gasteiger partial charge in [-0.05, 0) is 44.5 Å². The molecule has 0 bridgehead atoms. The molecular weight excluding hydrogens is 394 g/mol. The smallest absolute Gasteiger partial charge is 0.311 e. The first-order chi connectivity index (χ1) is 14.9. The number of nitrogens with one attached hydrogen (secondary N) is 1. The summed E-state index contributed by atoms with van der Waals surface area (Å²) >= 11 is 0. The molecule has 2 heterocycles. The van der Waals surface area contributed by atoms with Crippen LogP contribution in [0.25, 0.3) is 10.9 Å². The van der Waals surface area contributed by atoms with E-state index in [0.717, 1.165) is 37.2 Å². The molecule has 1 fully saturated rings. The molecule has 0 atom stereocenters. The van der Waals surface area contributed by atoms with E-state index in [1.54, 1.807) is 6.07 Å². The summed E-state index contributed by atoms with van der Waals surface area (Å²) in [6, 6.07) is 12.9. The number of likely N-dealkylation sites (tertiary alicyclic amines) is 1. The van der Waals surface area contributed by atoms with E-state index in [0.29, 0.717) is 22.2 Å². The van der Waals surface area contributed by atoms with Crippen LogP contribution >= 0.6 is 0 Å². The van der Waals surface area contributed by atoms with Gasteiger partial charge < -0.3 is 15.0 Å². The van der Waals surface area contributed by atoms with Gasteiger partial charge in [0, 0.05) is 42.5 Å². The lowest BCUT2D eigenvalue weighted by Crippen LogP contribution is -2.35. The molecule has 0 saturated carbocycles. The second-order valence-corrected chi connectivity index (χ2v) is 7.87. The molecule has 1 aromatic heterocycles. The van der Waals surface area contributed by atoms with Gasteiger partial charge in [0.15, 0.2) is 5.75 Å². The molecule has 4 rings (SSSR count). The Hall–Kier alpha value is -3.70. The molecule has 1 N–H and O–H groups in total. The number of pyridine rings is 1. The van der Waals surface area contributed by atoms with Gasteiger partial charge in [-0.2, -0.15) is 5.26 Å². The summed E-state index contributed by atoms with van der Waals surface area (Å²) in [5, 5.41) is 25.2. The van der Waals surface area contributed by atoms with Gasteiger partial charge >= 0.3 is 5.69 Å². The van der Waals surface area contributed by atoms with Crippen molar-refractivity contribution < 1.29 is 9.66 Å². The lowest BCUT2D eigenvalue weighted by molar-refractivity contribution is -0.386. The van der Waals surface area contributed by atoms with E-state index in [1.165, 1.54) is 12.3 Å². The predicted molar refractivity (Wildman–Crippen MR) is 119 cm³/mol. The van der Waals surface area contributed by atoms with Crippen molar-refractivity contribution in [1.29, 1.82) is 5.26 Å². The molecule has 8 heteroatoms. The average molecular weight is 417 g/mol. The van der Waals surface area contributed by atoms with Gasteiger partial charge in [-0.15, -0.1) is 0 Å². The van der Waals surface area contributed by atoms with Crippen molar-refractivity contribution in [3.8, 4) is 11.8 Å². The summed E-state index contributed by atoms with van der Waals surface area (Å²) in [4.78, 5) is 18.0. The third-order valence-electron chi connectivity index (χ3n) is 5.51. The number of benzene rings is 2. The minimum atomic E-state index is -0.445. The quantitative estimate of drug-likeness (QED) is 0.480. The molecule has 1 aliphatic heterocycles. The van der Waals surface area contributed by atoms with Gasteiger partial charge in [-0.3, -0.25) is 15.1 Å². The third-order valence-corrected chi connectivity index (χ3v) is 5.51. The normalized spacial score (nSPS) is 14.9. The largest absolute Gasteiger partial charge is 0.483 e. The number of nitriles is 1. The van der Waals surface area contributed by atoms with E-state index in [2.05, 4.69) is 21.3 Å². The zero-order valence-electron chi connectivity index (χ0n) is 17.5. The molecule has 2 aromatic carbocycles. The first-order valence-corrected chi connectivity index (χ1v) is 10.1. The summed E-state index contributed by atoms with van der Waals surface area (Å²) in [6.45, 7) is 3.75. The van der Waals surface area contributed by atoms with Crippen molar-refractivity contribution in [2.45, 2.75) is 25.9 Å². The molecular formula is C23H23N5O3. The van der Waals surface area contributed by atoms with Crippen LogP contribution in [0.15, 0.2) is 42.6 Å². The number of nitro groups is 1. The molecule has 0 spiro atoms. The van der Waals surface area contributed by atoms with Crippen LogP contribution < -0.4 is 10.1 Å². The van der Waals surface area contributed by atoms with Gasteiger partial charge in [-0.1, -0.05) is 12.1 Å². The van der Waals surface area contributed by atoms with Crippen LogP contribution in [0.2, 0.25) is 0 Å². The number of hydrogen-bond acceptors (Lipinski definition) is 7. The van der Waals surface area contributed by atoms with E-state index < -0.39 is 4.92 Å². The van der Waals surface area contributed by atoms with E-state index in [-0.39, 0.29) is 17.5 Å². The monoisotopic (exact) mass is 417 g/mol. The molecule has 1 saturated heterocycles. The molecule has 31 heavy (non-hydrogen) atoms. The summed E-state index contributed by atoms with van der Waals surface area (Å²) in [5.74, 6) is 0.214. The highest BCUT2D eigenvalue weighted by atomic mass is 16.6. The number of aryl methyl sites for hydroxylation is 1. The molecule has 1 aliphatic rings. The number of ether oxygens (including phenoxy) is 1. The fourth-order valence-corrected chi connectivity index (χ4v) is 3.81. The Morgan fingerprint density at radius 2 is 2.06 bits per heavy atom. The average Bonchev–Trinajstić information content (AvgIpc) is 2.75. The molecule has 0 amide bonds. The standard InChI is InChI=1S/C23H23N5O3/c1-15-4-3-5-17(10-15)26-23-16(13-24)14-25-20-12-22(21(28(29)30)11-19(20)23)31-18-6-8-27(2)9-7-18/h3-5,10-12,14,18H,6-9H2,1-2H3,(H,25,26). The maximum Gasteiger partial charge on any atom is 0.311 e. The SMILES string of the molecule is Cc1cccc(Nc2c(C#N)cnc3cc(OC4CCN(C)CC4)c([N+](=O)[O-])cc23)c1. The maximum absolute atomic E-state index is 11.8. The Kier molecular flexibility index (Phi) is 5.69. The van der Waals surface area contributed by atoms with Crippen molar-refractivity contribution in [2.75, 3.05) is 25.5 Å². The maximum atomic E-state index is 11.8. The molecule has 0 unspecified atom stereocenters. The summed E-state index contributed by atoms with van der Waals surface area (Å²) in [5.41, 5.74) is 3.05. The van der Waals surface area contributed by atoms with Crippen molar-refractivity contribution in [3.05, 3.63) is 63.8 Å². The highest BCUT2D eigenvalue weighted by Gasteiger charge is 2.25.